The molecule has 106 valence electrons. The molecule has 0 aromatic carbocycles. The van der Waals surface area contributed by atoms with Crippen LogP contribution < -0.4 is 5.32 Å². The van der Waals surface area contributed by atoms with Crippen molar-refractivity contribution in [1.29, 1.82) is 0 Å². The first-order valence-corrected chi connectivity index (χ1v) is 6.97. The van der Waals surface area contributed by atoms with Crippen LogP contribution >= 0.6 is 12.4 Å². The fraction of sp³-hybridized carbons (Fsp3) is 0.923. The molecule has 0 bridgehead atoms. The fourth-order valence-corrected chi connectivity index (χ4v) is 3.05. The van der Waals surface area contributed by atoms with Crippen molar-refractivity contribution in [2.75, 3.05) is 39.8 Å². The standard InChI is InChI=1S/C13H25N3O.ClH/c1-14-11-13(17)16-9-7-15(8-10-16)12-5-3-2-4-6-12;/h12,14H,2-11H2,1H3;1H. The Morgan fingerprint density at radius 3 is 2.28 bits per heavy atom. The highest BCUT2D eigenvalue weighted by atomic mass is 35.5. The maximum Gasteiger partial charge on any atom is 0.236 e. The van der Waals surface area contributed by atoms with E-state index in [4.69, 9.17) is 0 Å². The van der Waals surface area contributed by atoms with E-state index in [1.54, 1.807) is 0 Å². The van der Waals surface area contributed by atoms with Gasteiger partial charge >= 0.3 is 0 Å². The van der Waals surface area contributed by atoms with Crippen LogP contribution in [0.1, 0.15) is 32.1 Å². The van der Waals surface area contributed by atoms with Gasteiger partial charge in [0.05, 0.1) is 6.54 Å². The first-order chi connectivity index (χ1) is 8.31. The molecule has 0 aromatic rings. The summed E-state index contributed by atoms with van der Waals surface area (Å²) < 4.78 is 0. The minimum Gasteiger partial charge on any atom is -0.339 e. The van der Waals surface area contributed by atoms with E-state index < -0.39 is 0 Å². The van der Waals surface area contributed by atoms with E-state index in [0.29, 0.717) is 6.54 Å². The lowest BCUT2D eigenvalue weighted by molar-refractivity contribution is -0.132. The number of hydrogen-bond donors (Lipinski definition) is 1. The Morgan fingerprint density at radius 1 is 1.11 bits per heavy atom. The number of nitrogens with zero attached hydrogens (tertiary/aromatic N) is 2. The van der Waals surface area contributed by atoms with Crippen LogP contribution in [0, 0.1) is 0 Å². The highest BCUT2D eigenvalue weighted by Gasteiger charge is 2.26. The zero-order valence-corrected chi connectivity index (χ0v) is 12.2. The summed E-state index contributed by atoms with van der Waals surface area (Å²) in [5.41, 5.74) is 0. The lowest BCUT2D eigenvalue weighted by Gasteiger charge is -2.40. The third-order valence-corrected chi connectivity index (χ3v) is 4.09. The van der Waals surface area contributed by atoms with Crippen LogP contribution in [0.25, 0.3) is 0 Å². The fourth-order valence-electron chi connectivity index (χ4n) is 3.05. The largest absolute Gasteiger partial charge is 0.339 e. The molecule has 1 heterocycles. The van der Waals surface area contributed by atoms with E-state index in [9.17, 15) is 4.79 Å². The molecule has 2 aliphatic rings. The van der Waals surface area contributed by atoms with Crippen molar-refractivity contribution in [3.05, 3.63) is 0 Å². The third-order valence-electron chi connectivity index (χ3n) is 4.09. The normalized spacial score (nSPS) is 22.6. The second-order valence-electron chi connectivity index (χ2n) is 5.24. The van der Waals surface area contributed by atoms with Crippen LogP contribution in [0.3, 0.4) is 0 Å². The number of amides is 1. The molecule has 0 unspecified atom stereocenters. The Bertz CT molecular complexity index is 249. The molecule has 18 heavy (non-hydrogen) atoms. The monoisotopic (exact) mass is 275 g/mol. The lowest BCUT2D eigenvalue weighted by atomic mass is 9.94. The first kappa shape index (κ1) is 15.7. The maximum atomic E-state index is 11.7. The van der Waals surface area contributed by atoms with Crippen molar-refractivity contribution in [3.63, 3.8) is 0 Å². The molecule has 0 aromatic heterocycles. The molecule has 0 atom stereocenters. The van der Waals surface area contributed by atoms with Gasteiger partial charge in [0.15, 0.2) is 0 Å². The quantitative estimate of drug-likeness (QED) is 0.838. The van der Waals surface area contributed by atoms with Crippen molar-refractivity contribution < 1.29 is 4.79 Å². The zero-order valence-electron chi connectivity index (χ0n) is 11.4. The number of hydrogen-bond acceptors (Lipinski definition) is 3. The van der Waals surface area contributed by atoms with E-state index in [1.165, 1.54) is 32.1 Å². The van der Waals surface area contributed by atoms with Gasteiger partial charge in [0, 0.05) is 32.2 Å². The van der Waals surface area contributed by atoms with Gasteiger partial charge in [-0.15, -0.1) is 12.4 Å². The van der Waals surface area contributed by atoms with Crippen molar-refractivity contribution in [2.24, 2.45) is 0 Å². The van der Waals surface area contributed by atoms with Crippen molar-refractivity contribution in [2.45, 2.75) is 38.1 Å². The summed E-state index contributed by atoms with van der Waals surface area (Å²) in [6, 6.07) is 0.797. The van der Waals surface area contributed by atoms with Crippen LogP contribution in [0.4, 0.5) is 0 Å². The molecule has 1 N–H and O–H groups in total. The first-order valence-electron chi connectivity index (χ1n) is 6.97. The molecule has 2 fully saturated rings. The van der Waals surface area contributed by atoms with Crippen LogP contribution in [0.5, 0.6) is 0 Å². The number of carbonyl (C=O) groups is 1. The van der Waals surface area contributed by atoms with Gasteiger partial charge in [-0.1, -0.05) is 19.3 Å². The highest BCUT2D eigenvalue weighted by Crippen LogP contribution is 2.23. The Hall–Kier alpha value is -0.320. The molecule has 1 amide bonds. The predicted molar refractivity (Wildman–Crippen MR) is 76.2 cm³/mol. The Morgan fingerprint density at radius 2 is 1.72 bits per heavy atom. The number of likely N-dealkylation sites (N-methyl/N-ethyl adjacent to an activating group) is 1. The van der Waals surface area contributed by atoms with Crippen LogP contribution in [-0.2, 0) is 4.79 Å². The summed E-state index contributed by atoms with van der Waals surface area (Å²) >= 11 is 0. The number of carbonyl (C=O) groups excluding carboxylic acids is 1. The highest BCUT2D eigenvalue weighted by molar-refractivity contribution is 5.85. The SMILES string of the molecule is CNCC(=O)N1CCN(C2CCCCC2)CC1.Cl. The Kier molecular flexibility index (Phi) is 6.97. The Labute approximate surface area is 116 Å². The van der Waals surface area contributed by atoms with Crippen molar-refractivity contribution in [1.82, 2.24) is 15.1 Å². The molecule has 4 nitrogen and oxygen atoms in total. The van der Waals surface area contributed by atoms with Gasteiger partial charge in [-0.25, -0.2) is 0 Å². The number of piperazine rings is 1. The van der Waals surface area contributed by atoms with Gasteiger partial charge in [0.1, 0.15) is 0 Å². The summed E-state index contributed by atoms with van der Waals surface area (Å²) in [4.78, 5) is 16.3. The summed E-state index contributed by atoms with van der Waals surface area (Å²) in [7, 11) is 1.83. The van der Waals surface area contributed by atoms with Gasteiger partial charge < -0.3 is 10.2 Å². The molecule has 5 heteroatoms. The average Bonchev–Trinajstić information content (AvgIpc) is 2.40. The van der Waals surface area contributed by atoms with E-state index >= 15 is 0 Å². The molecule has 1 aliphatic heterocycles. The molecular formula is C13H26ClN3O. The van der Waals surface area contributed by atoms with Crippen LogP contribution in [-0.4, -0.2) is 61.5 Å². The van der Waals surface area contributed by atoms with E-state index in [2.05, 4.69) is 10.2 Å². The minimum absolute atomic E-state index is 0. The number of halogens is 1. The summed E-state index contributed by atoms with van der Waals surface area (Å²) in [5.74, 6) is 0.246. The average molecular weight is 276 g/mol. The van der Waals surface area contributed by atoms with Gasteiger partial charge in [-0.05, 0) is 19.9 Å². The van der Waals surface area contributed by atoms with Gasteiger partial charge in [-0.3, -0.25) is 9.69 Å². The van der Waals surface area contributed by atoms with E-state index in [-0.39, 0.29) is 18.3 Å². The molecule has 0 radical (unpaired) electrons. The Balaban J connectivity index is 0.00000162. The number of rotatable bonds is 3. The van der Waals surface area contributed by atoms with Crippen LogP contribution in [0.2, 0.25) is 0 Å². The molecule has 2 rings (SSSR count). The predicted octanol–water partition coefficient (Wildman–Crippen LogP) is 1.10. The van der Waals surface area contributed by atoms with Crippen molar-refractivity contribution in [3.8, 4) is 0 Å². The second-order valence-corrected chi connectivity index (χ2v) is 5.24. The molecular weight excluding hydrogens is 250 g/mol. The van der Waals surface area contributed by atoms with Gasteiger partial charge in [0.2, 0.25) is 5.91 Å². The minimum atomic E-state index is 0. The summed E-state index contributed by atoms with van der Waals surface area (Å²) in [6.45, 7) is 4.44. The third kappa shape index (κ3) is 4.11. The smallest absolute Gasteiger partial charge is 0.236 e. The second kappa shape index (κ2) is 7.97. The summed E-state index contributed by atoms with van der Waals surface area (Å²) in [5, 5.41) is 2.93. The number of nitrogens with one attached hydrogen (secondary N) is 1. The zero-order chi connectivity index (χ0) is 12.1. The van der Waals surface area contributed by atoms with E-state index in [0.717, 1.165) is 32.2 Å². The molecule has 0 spiro atoms. The van der Waals surface area contributed by atoms with E-state index in [1.807, 2.05) is 11.9 Å². The molecule has 1 saturated heterocycles. The summed E-state index contributed by atoms with van der Waals surface area (Å²) in [6.07, 6.45) is 6.93. The maximum absolute atomic E-state index is 11.7. The molecule has 1 aliphatic carbocycles. The lowest BCUT2D eigenvalue weighted by Crippen LogP contribution is -2.53. The van der Waals surface area contributed by atoms with Gasteiger partial charge in [0.25, 0.3) is 0 Å². The topological polar surface area (TPSA) is 35.6 Å². The molecule has 1 saturated carbocycles. The van der Waals surface area contributed by atoms with Crippen LogP contribution in [0.15, 0.2) is 0 Å². The van der Waals surface area contributed by atoms with Gasteiger partial charge in [-0.2, -0.15) is 0 Å². The van der Waals surface area contributed by atoms with Crippen molar-refractivity contribution >= 4 is 18.3 Å².